The van der Waals surface area contributed by atoms with Crippen LogP contribution < -0.4 is 32.2 Å². The fourth-order valence-electron chi connectivity index (χ4n) is 6.77. The van der Waals surface area contributed by atoms with E-state index in [0.29, 0.717) is 83.8 Å². The van der Waals surface area contributed by atoms with Gasteiger partial charge >= 0.3 is 17.9 Å². The highest BCUT2D eigenvalue weighted by Crippen LogP contribution is 2.15. The maximum absolute atomic E-state index is 12.4. The van der Waals surface area contributed by atoms with Crippen LogP contribution in [0.3, 0.4) is 0 Å². The highest BCUT2D eigenvalue weighted by Gasteiger charge is 2.21. The number of hydrogen-bond acceptors (Lipinski definition) is 9. The maximum Gasteiger partial charge on any atom is 0.326 e. The molecule has 0 aliphatic heterocycles. The molecule has 0 aromatic rings. The number of amides is 4. The third-order valence-electron chi connectivity index (χ3n) is 10.6. The normalized spacial score (nSPS) is 12.6. The van der Waals surface area contributed by atoms with Crippen LogP contribution in [0.25, 0.3) is 0 Å². The Bertz CT molecular complexity index is 1200. The molecule has 3 unspecified atom stereocenters. The SMILES string of the molecule is [B]NC(CCCCNC(=O)C(N)CCCCNC(=O)CCCCCNC(=O)CCC(NC(=O)CCCCCCCCCCCCCCCCCCC(=O)O)C(=O)O)C(=O)O. The van der Waals surface area contributed by atoms with Crippen LogP contribution in [0, 0.1) is 0 Å². The van der Waals surface area contributed by atoms with Crippen LogP contribution >= 0.6 is 0 Å². The van der Waals surface area contributed by atoms with Crippen molar-refractivity contribution in [2.75, 3.05) is 19.6 Å². The minimum atomic E-state index is -1.16. The van der Waals surface area contributed by atoms with Crippen LogP contribution in [0.15, 0.2) is 0 Å². The van der Waals surface area contributed by atoms with Crippen molar-refractivity contribution in [3.63, 3.8) is 0 Å². The van der Waals surface area contributed by atoms with Crippen LogP contribution in [0.4, 0.5) is 0 Å². The molecule has 0 aliphatic rings. The molecule has 0 spiro atoms. The molecule has 0 fully saturated rings. The monoisotopic (exact) mass is 851 g/mol. The zero-order valence-electron chi connectivity index (χ0n) is 36.4. The number of carbonyl (C=O) groups excluding carboxylic acids is 4. The highest BCUT2D eigenvalue weighted by atomic mass is 16.4. The van der Waals surface area contributed by atoms with Crippen molar-refractivity contribution in [1.82, 2.24) is 26.5 Å². The quantitative estimate of drug-likeness (QED) is 0.0285. The summed E-state index contributed by atoms with van der Waals surface area (Å²) < 4.78 is 0. The predicted molar refractivity (Wildman–Crippen MR) is 233 cm³/mol. The van der Waals surface area contributed by atoms with Crippen LogP contribution in [-0.4, -0.2) is 103 Å². The van der Waals surface area contributed by atoms with Gasteiger partial charge in [-0.3, -0.25) is 28.8 Å². The Hall–Kier alpha value is -3.73. The molecule has 0 aromatic carbocycles. The van der Waals surface area contributed by atoms with E-state index in [2.05, 4.69) is 26.5 Å². The standard InChI is InChI=1S/C43H79BN6O10/c44-50-36(43(59)60)25-20-23-33-48-41(56)34(45)24-19-22-32-46-37(51)26-17-15-21-31-47-38(52)30-29-35(42(57)58)49-39(53)27-16-13-11-9-7-5-3-1-2-4-6-8-10-12-14-18-28-40(54)55/h34-36,50H,1-33,45H2,(H,46,51)(H,47,52)(H,48,56)(H,49,53)(H,54,55)(H,57,58)(H,59,60). The van der Waals surface area contributed by atoms with E-state index in [9.17, 15) is 38.7 Å². The number of aliphatic carboxylic acids is 3. The van der Waals surface area contributed by atoms with Gasteiger partial charge < -0.3 is 47.5 Å². The fraction of sp³-hybridized carbons (Fsp3) is 0.837. The summed E-state index contributed by atoms with van der Waals surface area (Å²) >= 11 is 0. The van der Waals surface area contributed by atoms with Crippen molar-refractivity contribution in [2.45, 2.75) is 211 Å². The molecule has 10 N–H and O–H groups in total. The Labute approximate surface area is 360 Å². The Kier molecular flexibility index (Phi) is 37.0. The second-order valence-electron chi connectivity index (χ2n) is 16.0. The fourth-order valence-corrected chi connectivity index (χ4v) is 6.77. The Morgan fingerprint density at radius 1 is 0.417 bits per heavy atom. The number of nitrogens with one attached hydrogen (secondary N) is 5. The molecular weight excluding hydrogens is 771 g/mol. The molecule has 17 heteroatoms. The number of nitrogens with two attached hydrogens (primary N) is 1. The first-order chi connectivity index (χ1) is 28.9. The zero-order valence-corrected chi connectivity index (χ0v) is 36.4. The summed E-state index contributed by atoms with van der Waals surface area (Å²) in [6, 6.07) is -2.59. The summed E-state index contributed by atoms with van der Waals surface area (Å²) in [4.78, 5) is 82.1. The minimum absolute atomic E-state index is 0.00844. The minimum Gasteiger partial charge on any atom is -0.481 e. The topological polar surface area (TPSA) is 266 Å². The average molecular weight is 851 g/mol. The van der Waals surface area contributed by atoms with Crippen molar-refractivity contribution in [3.05, 3.63) is 0 Å². The zero-order chi connectivity index (χ0) is 44.6. The smallest absolute Gasteiger partial charge is 0.326 e. The van der Waals surface area contributed by atoms with Crippen molar-refractivity contribution in [2.24, 2.45) is 5.73 Å². The number of hydrogen-bond donors (Lipinski definition) is 9. The van der Waals surface area contributed by atoms with Crippen LogP contribution in [0.2, 0.25) is 0 Å². The van der Waals surface area contributed by atoms with Crippen molar-refractivity contribution in [1.29, 1.82) is 0 Å². The van der Waals surface area contributed by atoms with Crippen molar-refractivity contribution >= 4 is 49.5 Å². The highest BCUT2D eigenvalue weighted by molar-refractivity contribution is 6.06. The summed E-state index contributed by atoms with van der Waals surface area (Å²) in [6.45, 7) is 1.29. The average Bonchev–Trinajstić information content (AvgIpc) is 3.20. The largest absolute Gasteiger partial charge is 0.481 e. The number of carbonyl (C=O) groups is 7. The Morgan fingerprint density at radius 2 is 0.800 bits per heavy atom. The lowest BCUT2D eigenvalue weighted by Crippen LogP contribution is -2.41. The third kappa shape index (κ3) is 36.2. The van der Waals surface area contributed by atoms with Gasteiger partial charge in [-0.25, -0.2) is 4.79 Å². The van der Waals surface area contributed by atoms with E-state index in [1.54, 1.807) is 0 Å². The third-order valence-corrected chi connectivity index (χ3v) is 10.6. The van der Waals surface area contributed by atoms with Crippen LogP contribution in [0.1, 0.15) is 193 Å². The van der Waals surface area contributed by atoms with Crippen molar-refractivity contribution in [3.8, 4) is 0 Å². The molecule has 4 amide bonds. The predicted octanol–water partition coefficient (Wildman–Crippen LogP) is 5.15. The number of carboxylic acid groups (broad SMARTS) is 3. The van der Waals surface area contributed by atoms with Gasteiger partial charge in [-0.05, 0) is 70.6 Å². The molecule has 0 bridgehead atoms. The van der Waals surface area contributed by atoms with Gasteiger partial charge in [0, 0.05) is 45.3 Å². The number of carboxylic acids is 3. The molecule has 60 heavy (non-hydrogen) atoms. The summed E-state index contributed by atoms with van der Waals surface area (Å²) in [5.41, 5.74) is 5.95. The molecule has 0 aromatic heterocycles. The molecule has 344 valence electrons. The van der Waals surface area contributed by atoms with Crippen LogP contribution in [0.5, 0.6) is 0 Å². The molecule has 0 saturated carbocycles. The Morgan fingerprint density at radius 3 is 1.27 bits per heavy atom. The molecule has 16 nitrogen and oxygen atoms in total. The molecule has 2 radical (unpaired) electrons. The summed E-state index contributed by atoms with van der Waals surface area (Å²) in [6.07, 6.45) is 24.2. The molecule has 0 heterocycles. The van der Waals surface area contributed by atoms with Gasteiger partial charge in [0.2, 0.25) is 23.6 Å². The lowest BCUT2D eigenvalue weighted by molar-refractivity contribution is -0.142. The van der Waals surface area contributed by atoms with E-state index in [4.69, 9.17) is 23.9 Å². The first kappa shape index (κ1) is 56.3. The molecule has 0 rings (SSSR count). The van der Waals surface area contributed by atoms with E-state index >= 15 is 0 Å². The van der Waals surface area contributed by atoms with Gasteiger partial charge in [0.1, 0.15) is 6.04 Å². The second kappa shape index (κ2) is 39.4. The van der Waals surface area contributed by atoms with E-state index in [1.807, 2.05) is 0 Å². The molecular formula is C43H79BN6O10. The first-order valence-electron chi connectivity index (χ1n) is 22.9. The van der Waals surface area contributed by atoms with Gasteiger partial charge in [-0.15, -0.1) is 0 Å². The lowest BCUT2D eigenvalue weighted by Gasteiger charge is -2.14. The number of rotatable bonds is 43. The number of unbranched alkanes of at least 4 members (excludes halogenated alkanes) is 19. The van der Waals surface area contributed by atoms with Gasteiger partial charge in [0.05, 0.1) is 12.1 Å². The van der Waals surface area contributed by atoms with Gasteiger partial charge in [-0.2, -0.15) is 0 Å². The molecule has 0 aliphatic carbocycles. The molecule has 3 atom stereocenters. The van der Waals surface area contributed by atoms with Crippen LogP contribution in [-0.2, 0) is 33.6 Å². The van der Waals surface area contributed by atoms with Gasteiger partial charge in [0.15, 0.2) is 7.98 Å². The first-order valence-corrected chi connectivity index (χ1v) is 22.9. The van der Waals surface area contributed by atoms with Gasteiger partial charge in [-0.1, -0.05) is 96.3 Å². The molecule has 0 saturated heterocycles. The summed E-state index contributed by atoms with van der Waals surface area (Å²) in [5, 5.41) is 40.3. The lowest BCUT2D eigenvalue weighted by atomic mass is 10.0. The van der Waals surface area contributed by atoms with E-state index in [1.165, 1.54) is 57.8 Å². The van der Waals surface area contributed by atoms with Crippen molar-refractivity contribution < 1.29 is 48.9 Å². The maximum atomic E-state index is 12.4. The summed E-state index contributed by atoms with van der Waals surface area (Å²) in [5.74, 6) is -3.81. The van der Waals surface area contributed by atoms with Gasteiger partial charge in [0.25, 0.3) is 0 Å². The van der Waals surface area contributed by atoms with E-state index < -0.39 is 36.0 Å². The second-order valence-corrected chi connectivity index (χ2v) is 16.0. The van der Waals surface area contributed by atoms with E-state index in [0.717, 1.165) is 44.9 Å². The van der Waals surface area contributed by atoms with E-state index in [-0.39, 0.29) is 49.3 Å². The Balaban J connectivity index is 3.76. The summed E-state index contributed by atoms with van der Waals surface area (Å²) in [7, 11) is 5.19.